The number of aromatic nitrogens is 2. The second-order valence-corrected chi connectivity index (χ2v) is 6.10. The van der Waals surface area contributed by atoms with Gasteiger partial charge in [-0.1, -0.05) is 26.0 Å². The number of nitrogens with zero attached hydrogens (tertiary/aromatic N) is 3. The summed E-state index contributed by atoms with van der Waals surface area (Å²) in [6, 6.07) is 6.90. The van der Waals surface area contributed by atoms with Crippen LogP contribution in [-0.4, -0.2) is 33.2 Å². The molecule has 0 unspecified atom stereocenters. The van der Waals surface area contributed by atoms with Crippen molar-refractivity contribution in [2.24, 2.45) is 5.41 Å². The third-order valence-electron chi connectivity index (χ3n) is 3.45. The molecule has 1 heterocycles. The predicted molar refractivity (Wildman–Crippen MR) is 81.1 cm³/mol. The fourth-order valence-electron chi connectivity index (χ4n) is 2.39. The lowest BCUT2D eigenvalue weighted by molar-refractivity contribution is -0.139. The third kappa shape index (κ3) is 3.84. The lowest BCUT2D eigenvalue weighted by Gasteiger charge is -2.28. The highest BCUT2D eigenvalue weighted by molar-refractivity contribution is 5.82. The van der Waals surface area contributed by atoms with Crippen LogP contribution in [0.4, 0.5) is 0 Å². The van der Waals surface area contributed by atoms with Gasteiger partial charge in [0.25, 0.3) is 0 Å². The van der Waals surface area contributed by atoms with Crippen LogP contribution in [-0.2, 0) is 17.8 Å². The number of phenolic OH excluding ortho intramolecular Hbond substituents is 1. The number of hydrogen-bond acceptors (Lipinski definition) is 5. The second kappa shape index (κ2) is 6.17. The standard InChI is InChI=1S/C16H21N3O3/c1-11-17-18-14(22-11)10-19(4)15(21)16(2,3)9-12-5-7-13(20)8-6-12/h5-8,20H,9-10H2,1-4H3. The van der Waals surface area contributed by atoms with Crippen LogP contribution in [0.5, 0.6) is 5.75 Å². The molecule has 0 aliphatic heterocycles. The van der Waals surface area contributed by atoms with Gasteiger partial charge in [0.1, 0.15) is 5.75 Å². The fourth-order valence-corrected chi connectivity index (χ4v) is 2.39. The van der Waals surface area contributed by atoms with Gasteiger partial charge in [0.15, 0.2) is 0 Å². The van der Waals surface area contributed by atoms with Crippen molar-refractivity contribution in [2.75, 3.05) is 7.05 Å². The van der Waals surface area contributed by atoms with Gasteiger partial charge in [-0.2, -0.15) is 0 Å². The third-order valence-corrected chi connectivity index (χ3v) is 3.45. The van der Waals surface area contributed by atoms with E-state index in [-0.39, 0.29) is 11.7 Å². The molecule has 0 bridgehead atoms. The van der Waals surface area contributed by atoms with Crippen molar-refractivity contribution in [1.82, 2.24) is 15.1 Å². The predicted octanol–water partition coefficient (Wildman–Crippen LogP) is 2.31. The zero-order valence-corrected chi connectivity index (χ0v) is 13.3. The minimum atomic E-state index is -0.569. The fraction of sp³-hybridized carbons (Fsp3) is 0.438. The van der Waals surface area contributed by atoms with E-state index in [0.717, 1.165) is 5.56 Å². The molecule has 1 amide bonds. The van der Waals surface area contributed by atoms with Crippen molar-refractivity contribution in [3.8, 4) is 5.75 Å². The molecule has 0 saturated carbocycles. The number of aromatic hydroxyl groups is 1. The van der Waals surface area contributed by atoms with Crippen LogP contribution in [0, 0.1) is 12.3 Å². The molecule has 0 spiro atoms. The second-order valence-electron chi connectivity index (χ2n) is 6.10. The number of rotatable bonds is 5. The van der Waals surface area contributed by atoms with Crippen molar-refractivity contribution < 1.29 is 14.3 Å². The van der Waals surface area contributed by atoms with Crippen LogP contribution >= 0.6 is 0 Å². The van der Waals surface area contributed by atoms with Crippen molar-refractivity contribution in [3.63, 3.8) is 0 Å². The summed E-state index contributed by atoms with van der Waals surface area (Å²) in [5, 5.41) is 17.0. The Morgan fingerprint density at radius 3 is 2.45 bits per heavy atom. The van der Waals surface area contributed by atoms with Gasteiger partial charge in [0, 0.05) is 19.4 Å². The summed E-state index contributed by atoms with van der Waals surface area (Å²) in [7, 11) is 1.72. The molecule has 2 rings (SSSR count). The van der Waals surface area contributed by atoms with Crippen molar-refractivity contribution in [2.45, 2.75) is 33.7 Å². The molecule has 0 fully saturated rings. The van der Waals surface area contributed by atoms with E-state index in [4.69, 9.17) is 4.42 Å². The molecule has 1 N–H and O–H groups in total. The van der Waals surface area contributed by atoms with Gasteiger partial charge in [-0.05, 0) is 24.1 Å². The first-order valence-corrected chi connectivity index (χ1v) is 7.10. The quantitative estimate of drug-likeness (QED) is 0.917. The van der Waals surface area contributed by atoms with Gasteiger partial charge < -0.3 is 14.4 Å². The molecule has 2 aromatic rings. The number of hydrogen-bond donors (Lipinski definition) is 1. The summed E-state index contributed by atoms with van der Waals surface area (Å²) in [5.41, 5.74) is 0.430. The molecule has 6 nitrogen and oxygen atoms in total. The molecule has 0 aliphatic rings. The molecule has 0 aliphatic carbocycles. The summed E-state index contributed by atoms with van der Waals surface area (Å²) in [6.07, 6.45) is 0.583. The van der Waals surface area contributed by atoms with Gasteiger partial charge >= 0.3 is 0 Å². The van der Waals surface area contributed by atoms with Gasteiger partial charge in [0.05, 0.1) is 6.54 Å². The zero-order chi connectivity index (χ0) is 16.3. The van der Waals surface area contributed by atoms with Crippen LogP contribution < -0.4 is 0 Å². The lowest BCUT2D eigenvalue weighted by Crippen LogP contribution is -2.39. The first-order chi connectivity index (χ1) is 10.3. The maximum atomic E-state index is 12.6. The van der Waals surface area contributed by atoms with Crippen LogP contribution in [0.25, 0.3) is 0 Å². The van der Waals surface area contributed by atoms with E-state index in [9.17, 15) is 9.90 Å². The summed E-state index contributed by atoms with van der Waals surface area (Å²) in [4.78, 5) is 14.2. The summed E-state index contributed by atoms with van der Waals surface area (Å²) in [5.74, 6) is 1.13. The normalized spacial score (nSPS) is 11.5. The van der Waals surface area contributed by atoms with Crippen LogP contribution in [0.1, 0.15) is 31.2 Å². The van der Waals surface area contributed by atoms with E-state index in [0.29, 0.717) is 24.7 Å². The van der Waals surface area contributed by atoms with Crippen molar-refractivity contribution in [3.05, 3.63) is 41.6 Å². The molecule has 0 saturated heterocycles. The summed E-state index contributed by atoms with van der Waals surface area (Å²) < 4.78 is 5.30. The largest absolute Gasteiger partial charge is 0.508 e. The average Bonchev–Trinajstić information content (AvgIpc) is 2.85. The van der Waals surface area contributed by atoms with Crippen LogP contribution in [0.3, 0.4) is 0 Å². The van der Waals surface area contributed by atoms with Crippen molar-refractivity contribution >= 4 is 5.91 Å². The number of amides is 1. The Labute approximate surface area is 129 Å². The molecule has 0 radical (unpaired) electrons. The number of carbonyl (C=O) groups excluding carboxylic acids is 1. The Bertz CT molecular complexity index is 647. The van der Waals surface area contributed by atoms with Crippen molar-refractivity contribution in [1.29, 1.82) is 0 Å². The van der Waals surface area contributed by atoms with E-state index in [2.05, 4.69) is 10.2 Å². The number of aryl methyl sites for hydroxylation is 1. The molecule has 6 heteroatoms. The molecule has 0 atom stereocenters. The molecule has 22 heavy (non-hydrogen) atoms. The van der Waals surface area contributed by atoms with E-state index < -0.39 is 5.41 Å². The van der Waals surface area contributed by atoms with Gasteiger partial charge in [0.2, 0.25) is 17.7 Å². The summed E-state index contributed by atoms with van der Waals surface area (Å²) >= 11 is 0. The Morgan fingerprint density at radius 2 is 1.91 bits per heavy atom. The maximum Gasteiger partial charge on any atom is 0.235 e. The monoisotopic (exact) mass is 303 g/mol. The zero-order valence-electron chi connectivity index (χ0n) is 13.3. The SMILES string of the molecule is Cc1nnc(CN(C)C(=O)C(C)(C)Cc2ccc(O)cc2)o1. The van der Waals surface area contributed by atoms with Gasteiger partial charge in [-0.3, -0.25) is 4.79 Å². The molecule has 1 aromatic heterocycles. The van der Waals surface area contributed by atoms with Crippen LogP contribution in [0.2, 0.25) is 0 Å². The molecular formula is C16H21N3O3. The smallest absolute Gasteiger partial charge is 0.235 e. The van der Waals surface area contributed by atoms with Gasteiger partial charge in [-0.25, -0.2) is 0 Å². The van der Waals surface area contributed by atoms with E-state index in [1.54, 1.807) is 31.0 Å². The Balaban J connectivity index is 2.03. The Morgan fingerprint density at radius 1 is 1.27 bits per heavy atom. The number of phenols is 1. The summed E-state index contributed by atoms with van der Waals surface area (Å²) in [6.45, 7) is 5.81. The Hall–Kier alpha value is -2.37. The highest BCUT2D eigenvalue weighted by atomic mass is 16.4. The maximum absolute atomic E-state index is 12.6. The van der Waals surface area contributed by atoms with Crippen LogP contribution in [0.15, 0.2) is 28.7 Å². The molecule has 118 valence electrons. The topological polar surface area (TPSA) is 79.5 Å². The van der Waals surface area contributed by atoms with E-state index >= 15 is 0 Å². The first-order valence-electron chi connectivity index (χ1n) is 7.10. The first kappa shape index (κ1) is 16.0. The minimum Gasteiger partial charge on any atom is -0.508 e. The number of benzene rings is 1. The highest BCUT2D eigenvalue weighted by Gasteiger charge is 2.31. The lowest BCUT2D eigenvalue weighted by atomic mass is 9.84. The van der Waals surface area contributed by atoms with E-state index in [1.165, 1.54) is 0 Å². The molecule has 1 aromatic carbocycles. The highest BCUT2D eigenvalue weighted by Crippen LogP contribution is 2.25. The van der Waals surface area contributed by atoms with E-state index in [1.807, 2.05) is 26.0 Å². The number of carbonyl (C=O) groups is 1. The average molecular weight is 303 g/mol. The van der Waals surface area contributed by atoms with Gasteiger partial charge in [-0.15, -0.1) is 10.2 Å². The Kier molecular flexibility index (Phi) is 4.49. The minimum absolute atomic E-state index is 0.00331. The molecular weight excluding hydrogens is 282 g/mol.